The van der Waals surface area contributed by atoms with Crippen LogP contribution < -0.4 is 10.6 Å². The zero-order valence-corrected chi connectivity index (χ0v) is 22.0. The summed E-state index contributed by atoms with van der Waals surface area (Å²) in [5, 5.41) is 8.26. The van der Waals surface area contributed by atoms with Crippen molar-refractivity contribution < 1.29 is 23.5 Å². The number of carbonyl (C=O) groups is 3. The summed E-state index contributed by atoms with van der Waals surface area (Å²) in [4.78, 5) is 48.3. The Bertz CT molecular complexity index is 1080. The van der Waals surface area contributed by atoms with Crippen LogP contribution in [0.25, 0.3) is 11.5 Å². The molecule has 2 N–H and O–H groups in total. The Kier molecular flexibility index (Phi) is 8.09. The molecule has 1 saturated carbocycles. The predicted octanol–water partition coefficient (Wildman–Crippen LogP) is 3.57. The highest BCUT2D eigenvalue weighted by Gasteiger charge is 2.43. The number of rotatable bonds is 6. The second kappa shape index (κ2) is 11.6. The average Bonchev–Trinajstić information content (AvgIpc) is 3.69. The van der Waals surface area contributed by atoms with E-state index in [0.717, 1.165) is 32.1 Å². The molecular formula is C26H35N5O5S. The van der Waals surface area contributed by atoms with Crippen LogP contribution in [0, 0.1) is 11.8 Å². The Morgan fingerprint density at radius 3 is 2.68 bits per heavy atom. The summed E-state index contributed by atoms with van der Waals surface area (Å²) in [5.74, 6) is 0.472. The van der Waals surface area contributed by atoms with Gasteiger partial charge in [0.15, 0.2) is 10.9 Å². The van der Waals surface area contributed by atoms with E-state index < -0.39 is 12.1 Å². The molecule has 4 amide bonds. The molecule has 5 rings (SSSR count). The Morgan fingerprint density at radius 2 is 1.95 bits per heavy atom. The van der Waals surface area contributed by atoms with Gasteiger partial charge in [-0.1, -0.05) is 26.2 Å². The lowest BCUT2D eigenvalue weighted by Gasteiger charge is -2.36. The van der Waals surface area contributed by atoms with Crippen molar-refractivity contribution >= 4 is 34.3 Å². The van der Waals surface area contributed by atoms with E-state index >= 15 is 0 Å². The molecule has 0 radical (unpaired) electrons. The van der Waals surface area contributed by atoms with Crippen LogP contribution in [0.3, 0.4) is 0 Å². The normalized spacial score (nSPS) is 23.6. The van der Waals surface area contributed by atoms with Crippen molar-refractivity contribution in [3.63, 3.8) is 0 Å². The second-order valence-electron chi connectivity index (χ2n) is 10.3. The van der Waals surface area contributed by atoms with Gasteiger partial charge in [0.2, 0.25) is 11.8 Å². The van der Waals surface area contributed by atoms with E-state index in [9.17, 15) is 14.4 Å². The third kappa shape index (κ3) is 5.98. The van der Waals surface area contributed by atoms with E-state index in [1.54, 1.807) is 22.1 Å². The molecule has 3 atom stereocenters. The molecule has 10 nitrogen and oxygen atoms in total. The van der Waals surface area contributed by atoms with Gasteiger partial charge in [-0.15, -0.1) is 11.3 Å². The van der Waals surface area contributed by atoms with Gasteiger partial charge < -0.3 is 29.6 Å². The summed E-state index contributed by atoms with van der Waals surface area (Å²) in [6.45, 7) is 4.56. The number of furan rings is 1. The average molecular weight is 530 g/mol. The van der Waals surface area contributed by atoms with Crippen molar-refractivity contribution in [3.8, 4) is 11.5 Å². The molecule has 0 bridgehead atoms. The highest BCUT2D eigenvalue weighted by Crippen LogP contribution is 2.32. The van der Waals surface area contributed by atoms with E-state index in [4.69, 9.17) is 9.15 Å². The van der Waals surface area contributed by atoms with Crippen LogP contribution in [0.15, 0.2) is 28.2 Å². The molecule has 3 unspecified atom stereocenters. The molecule has 3 aliphatic rings. The number of amides is 4. The van der Waals surface area contributed by atoms with Crippen LogP contribution in [0.4, 0.5) is 9.93 Å². The molecule has 0 aromatic carbocycles. The number of likely N-dealkylation sites (tertiary alicyclic amines) is 1. The first-order valence-electron chi connectivity index (χ1n) is 13.2. The number of urea groups is 1. The van der Waals surface area contributed by atoms with Crippen molar-refractivity contribution in [2.24, 2.45) is 11.8 Å². The molecule has 2 aliphatic heterocycles. The number of anilines is 1. The van der Waals surface area contributed by atoms with Gasteiger partial charge in [-0.2, -0.15) is 0 Å². The first kappa shape index (κ1) is 25.7. The summed E-state index contributed by atoms with van der Waals surface area (Å²) in [5.41, 5.74) is 0.654. The SMILES string of the molecule is CC1CC(C(=O)Nc2nc(-c3ccco3)cs2)N(C(=O)C(NC(=O)N2CCOCC2)C2CCCCC2)C1. The van der Waals surface area contributed by atoms with Gasteiger partial charge in [-0.3, -0.25) is 9.59 Å². The Hall–Kier alpha value is -2.92. The van der Waals surface area contributed by atoms with E-state index in [1.165, 1.54) is 11.3 Å². The lowest BCUT2D eigenvalue weighted by atomic mass is 9.83. The summed E-state index contributed by atoms with van der Waals surface area (Å²) >= 11 is 1.32. The van der Waals surface area contributed by atoms with Crippen LogP contribution in [0.1, 0.15) is 45.4 Å². The smallest absolute Gasteiger partial charge is 0.318 e. The number of nitrogens with one attached hydrogen (secondary N) is 2. The standard InChI is InChI=1S/C26H35N5O5S/c1-17-14-20(23(32)29-25-27-19(16-37-25)21-8-5-11-36-21)31(15-17)24(33)22(18-6-3-2-4-7-18)28-26(34)30-9-12-35-13-10-30/h5,8,11,16-18,20,22H,2-4,6-7,9-10,12-15H2,1H3,(H,28,34)(H,27,29,32). The topological polar surface area (TPSA) is 117 Å². The zero-order valence-electron chi connectivity index (χ0n) is 21.2. The number of morpholine rings is 1. The fraction of sp³-hybridized carbons (Fsp3) is 0.615. The fourth-order valence-corrected chi connectivity index (χ4v) is 6.32. The van der Waals surface area contributed by atoms with Crippen molar-refractivity contribution in [1.82, 2.24) is 20.1 Å². The number of hydrogen-bond donors (Lipinski definition) is 2. The quantitative estimate of drug-likeness (QED) is 0.591. The molecular weight excluding hydrogens is 494 g/mol. The molecule has 200 valence electrons. The fourth-order valence-electron chi connectivity index (χ4n) is 5.61. The minimum Gasteiger partial charge on any atom is -0.463 e. The van der Waals surface area contributed by atoms with Gasteiger partial charge in [-0.25, -0.2) is 9.78 Å². The number of thiazole rings is 1. The van der Waals surface area contributed by atoms with Crippen LogP contribution in [-0.4, -0.2) is 77.6 Å². The van der Waals surface area contributed by atoms with E-state index in [0.29, 0.717) is 55.9 Å². The highest BCUT2D eigenvalue weighted by atomic mass is 32.1. The highest BCUT2D eigenvalue weighted by molar-refractivity contribution is 7.14. The molecule has 4 heterocycles. The monoisotopic (exact) mass is 529 g/mol. The van der Waals surface area contributed by atoms with Gasteiger partial charge in [0, 0.05) is 25.0 Å². The first-order valence-corrected chi connectivity index (χ1v) is 14.1. The number of aromatic nitrogens is 1. The van der Waals surface area contributed by atoms with Crippen molar-refractivity contribution in [2.45, 2.75) is 57.5 Å². The van der Waals surface area contributed by atoms with Crippen LogP contribution in [0.5, 0.6) is 0 Å². The maximum Gasteiger partial charge on any atom is 0.318 e. The predicted molar refractivity (Wildman–Crippen MR) is 139 cm³/mol. The molecule has 2 saturated heterocycles. The van der Waals surface area contributed by atoms with Crippen LogP contribution in [-0.2, 0) is 14.3 Å². The molecule has 37 heavy (non-hydrogen) atoms. The Labute approximate surface area is 220 Å². The molecule has 2 aromatic rings. The first-order chi connectivity index (χ1) is 18.0. The number of ether oxygens (including phenoxy) is 1. The largest absolute Gasteiger partial charge is 0.463 e. The number of hydrogen-bond acceptors (Lipinski definition) is 7. The van der Waals surface area contributed by atoms with Gasteiger partial charge >= 0.3 is 6.03 Å². The van der Waals surface area contributed by atoms with E-state index in [-0.39, 0.29) is 29.7 Å². The Balaban J connectivity index is 1.30. The minimum absolute atomic E-state index is 0.0701. The lowest BCUT2D eigenvalue weighted by Crippen LogP contribution is -2.58. The minimum atomic E-state index is -0.637. The van der Waals surface area contributed by atoms with E-state index in [2.05, 4.69) is 15.6 Å². The van der Waals surface area contributed by atoms with Gasteiger partial charge in [0.1, 0.15) is 17.8 Å². The second-order valence-corrected chi connectivity index (χ2v) is 11.1. The van der Waals surface area contributed by atoms with Gasteiger partial charge in [0.05, 0.1) is 19.5 Å². The van der Waals surface area contributed by atoms with Crippen LogP contribution >= 0.6 is 11.3 Å². The third-order valence-corrected chi connectivity index (χ3v) is 8.33. The lowest BCUT2D eigenvalue weighted by molar-refractivity contribution is -0.139. The third-order valence-electron chi connectivity index (χ3n) is 7.57. The summed E-state index contributed by atoms with van der Waals surface area (Å²) in [6, 6.07) is 2.13. The van der Waals surface area contributed by atoms with Crippen LogP contribution in [0.2, 0.25) is 0 Å². The molecule has 0 spiro atoms. The zero-order chi connectivity index (χ0) is 25.8. The maximum absolute atomic E-state index is 14.0. The number of nitrogens with zero attached hydrogens (tertiary/aromatic N) is 3. The van der Waals surface area contributed by atoms with Gasteiger partial charge in [0.25, 0.3) is 0 Å². The van der Waals surface area contributed by atoms with Crippen molar-refractivity contribution in [3.05, 3.63) is 23.8 Å². The van der Waals surface area contributed by atoms with Crippen molar-refractivity contribution in [1.29, 1.82) is 0 Å². The van der Waals surface area contributed by atoms with E-state index in [1.807, 2.05) is 18.4 Å². The molecule has 3 fully saturated rings. The molecule has 1 aliphatic carbocycles. The summed E-state index contributed by atoms with van der Waals surface area (Å²) in [6.07, 6.45) is 7.19. The number of carbonyl (C=O) groups excluding carboxylic acids is 3. The van der Waals surface area contributed by atoms with Crippen molar-refractivity contribution in [2.75, 3.05) is 38.2 Å². The maximum atomic E-state index is 14.0. The summed E-state index contributed by atoms with van der Waals surface area (Å²) in [7, 11) is 0. The summed E-state index contributed by atoms with van der Waals surface area (Å²) < 4.78 is 10.8. The Morgan fingerprint density at radius 1 is 1.16 bits per heavy atom. The van der Waals surface area contributed by atoms with Gasteiger partial charge in [-0.05, 0) is 43.2 Å². The molecule has 2 aromatic heterocycles. The molecule has 11 heteroatoms.